The highest BCUT2D eigenvalue weighted by Gasteiger charge is 2.22. The average molecular weight is 442 g/mol. The lowest BCUT2D eigenvalue weighted by Crippen LogP contribution is -2.49. The molecule has 0 radical (unpaired) electrons. The molecule has 1 aliphatic rings. The molecule has 1 N–H and O–H groups in total. The second-order valence-corrected chi connectivity index (χ2v) is 8.22. The molecule has 0 unspecified atom stereocenters. The van der Waals surface area contributed by atoms with Crippen molar-refractivity contribution in [2.24, 2.45) is 0 Å². The van der Waals surface area contributed by atoms with E-state index in [1.54, 1.807) is 18.6 Å². The van der Waals surface area contributed by atoms with Crippen LogP contribution in [0.25, 0.3) is 16.9 Å². The molecular formula is C25H27N7O. The largest absolute Gasteiger partial charge is 0.369 e. The molecule has 1 amide bonds. The summed E-state index contributed by atoms with van der Waals surface area (Å²) < 4.78 is 1.99. The van der Waals surface area contributed by atoms with E-state index in [4.69, 9.17) is 4.98 Å². The van der Waals surface area contributed by atoms with Crippen LogP contribution >= 0.6 is 0 Å². The van der Waals surface area contributed by atoms with Gasteiger partial charge in [0.15, 0.2) is 5.65 Å². The molecule has 3 aromatic heterocycles. The minimum Gasteiger partial charge on any atom is -0.369 e. The molecule has 8 nitrogen and oxygen atoms in total. The number of pyridine rings is 1. The normalized spacial score (nSPS) is 14.0. The van der Waals surface area contributed by atoms with Crippen molar-refractivity contribution in [1.82, 2.24) is 24.3 Å². The number of nitrogens with zero attached hydrogens (tertiary/aromatic N) is 6. The van der Waals surface area contributed by atoms with E-state index < -0.39 is 0 Å². The van der Waals surface area contributed by atoms with Gasteiger partial charge in [0.25, 0.3) is 0 Å². The maximum atomic E-state index is 12.9. The Kier molecular flexibility index (Phi) is 5.89. The van der Waals surface area contributed by atoms with Gasteiger partial charge in [-0.1, -0.05) is 29.8 Å². The molecule has 33 heavy (non-hydrogen) atoms. The Morgan fingerprint density at radius 2 is 1.94 bits per heavy atom. The lowest BCUT2D eigenvalue weighted by Gasteiger charge is -2.35. The number of carbonyl (C=O) groups excluding carboxylic acids is 1. The second-order valence-electron chi connectivity index (χ2n) is 8.22. The van der Waals surface area contributed by atoms with E-state index in [0.717, 1.165) is 41.6 Å². The number of nitrogens with one attached hydrogen (secondary N) is 1. The summed E-state index contributed by atoms with van der Waals surface area (Å²) in [6.07, 6.45) is 7.61. The standard InChI is InChI=1S/C25H27N7O/c1-19-5-4-6-20(17-19)24-25(32-12-11-26-18-22(32)29-24)28-10-8-23(33)31-15-13-30(14-16-31)21-7-2-3-9-27-21/h2-7,9,11-12,17-18,28H,8,10,13-16H2,1H3. The number of piperazine rings is 1. The van der Waals surface area contributed by atoms with Gasteiger partial charge in [-0.2, -0.15) is 0 Å². The molecule has 0 aliphatic carbocycles. The van der Waals surface area contributed by atoms with Crippen LogP contribution in [0.3, 0.4) is 0 Å². The molecule has 0 atom stereocenters. The van der Waals surface area contributed by atoms with Crippen LogP contribution in [-0.4, -0.2) is 62.9 Å². The fourth-order valence-corrected chi connectivity index (χ4v) is 4.24. The molecule has 1 saturated heterocycles. The number of rotatable bonds is 6. The zero-order valence-corrected chi connectivity index (χ0v) is 18.7. The molecule has 1 fully saturated rings. The number of imidazole rings is 1. The molecule has 4 aromatic rings. The van der Waals surface area contributed by atoms with Gasteiger partial charge in [-0.05, 0) is 25.1 Å². The molecular weight excluding hydrogens is 414 g/mol. The highest BCUT2D eigenvalue weighted by molar-refractivity contribution is 5.79. The van der Waals surface area contributed by atoms with Crippen molar-refractivity contribution < 1.29 is 4.79 Å². The topological polar surface area (TPSA) is 78.7 Å². The molecule has 8 heteroatoms. The number of benzene rings is 1. The highest BCUT2D eigenvalue weighted by atomic mass is 16.2. The van der Waals surface area contributed by atoms with E-state index in [0.29, 0.717) is 26.1 Å². The van der Waals surface area contributed by atoms with Crippen LogP contribution in [0.15, 0.2) is 67.3 Å². The summed E-state index contributed by atoms with van der Waals surface area (Å²) >= 11 is 0. The van der Waals surface area contributed by atoms with E-state index in [-0.39, 0.29) is 5.91 Å². The van der Waals surface area contributed by atoms with E-state index in [9.17, 15) is 4.79 Å². The first-order chi connectivity index (χ1) is 16.2. The molecule has 5 rings (SSSR count). The first-order valence-electron chi connectivity index (χ1n) is 11.3. The average Bonchev–Trinajstić information content (AvgIpc) is 3.23. The summed E-state index contributed by atoms with van der Waals surface area (Å²) in [4.78, 5) is 30.4. The molecule has 1 aliphatic heterocycles. The van der Waals surface area contributed by atoms with Crippen molar-refractivity contribution in [3.8, 4) is 11.3 Å². The summed E-state index contributed by atoms with van der Waals surface area (Å²) in [7, 11) is 0. The van der Waals surface area contributed by atoms with Gasteiger partial charge in [0.2, 0.25) is 5.91 Å². The zero-order chi connectivity index (χ0) is 22.6. The number of carbonyl (C=O) groups is 1. The summed E-state index contributed by atoms with van der Waals surface area (Å²) in [5, 5.41) is 3.46. The van der Waals surface area contributed by atoms with Gasteiger partial charge >= 0.3 is 0 Å². The predicted octanol–water partition coefficient (Wildman–Crippen LogP) is 3.25. The summed E-state index contributed by atoms with van der Waals surface area (Å²) in [5.74, 6) is 2.01. The third-order valence-electron chi connectivity index (χ3n) is 5.96. The Hall–Kier alpha value is -3.94. The minimum absolute atomic E-state index is 0.163. The first kappa shape index (κ1) is 20.9. The van der Waals surface area contributed by atoms with Crippen LogP contribution in [0.1, 0.15) is 12.0 Å². The first-order valence-corrected chi connectivity index (χ1v) is 11.3. The third kappa shape index (κ3) is 4.50. The Balaban J connectivity index is 1.23. The summed E-state index contributed by atoms with van der Waals surface area (Å²) in [6, 6.07) is 14.2. The van der Waals surface area contributed by atoms with Gasteiger partial charge in [-0.3, -0.25) is 14.2 Å². The molecule has 168 valence electrons. The lowest BCUT2D eigenvalue weighted by atomic mass is 10.1. The number of amides is 1. The smallest absolute Gasteiger partial charge is 0.224 e. The minimum atomic E-state index is 0.163. The Bertz CT molecular complexity index is 1250. The van der Waals surface area contributed by atoms with E-state index in [2.05, 4.69) is 45.3 Å². The predicted molar refractivity (Wildman–Crippen MR) is 129 cm³/mol. The van der Waals surface area contributed by atoms with Crippen LogP contribution in [0.5, 0.6) is 0 Å². The zero-order valence-electron chi connectivity index (χ0n) is 18.7. The number of anilines is 2. The summed E-state index contributed by atoms with van der Waals surface area (Å²) in [5.41, 5.74) is 3.85. The molecule has 4 heterocycles. The summed E-state index contributed by atoms with van der Waals surface area (Å²) in [6.45, 7) is 5.63. The molecule has 1 aromatic carbocycles. The van der Waals surface area contributed by atoms with E-state index >= 15 is 0 Å². The van der Waals surface area contributed by atoms with E-state index in [1.165, 1.54) is 5.56 Å². The molecule has 0 saturated carbocycles. The number of hydrogen-bond acceptors (Lipinski definition) is 6. The van der Waals surface area contributed by atoms with Crippen LogP contribution < -0.4 is 10.2 Å². The van der Waals surface area contributed by atoms with Crippen molar-refractivity contribution in [2.45, 2.75) is 13.3 Å². The number of aryl methyl sites for hydroxylation is 1. The quantitative estimate of drug-likeness (QED) is 0.495. The van der Waals surface area contributed by atoms with Crippen molar-refractivity contribution >= 4 is 23.2 Å². The number of fused-ring (bicyclic) bond motifs is 1. The fourth-order valence-electron chi connectivity index (χ4n) is 4.24. The Labute approximate surface area is 192 Å². The molecule has 0 bridgehead atoms. The molecule has 0 spiro atoms. The van der Waals surface area contributed by atoms with Gasteiger partial charge in [-0.15, -0.1) is 0 Å². The van der Waals surface area contributed by atoms with Crippen molar-refractivity contribution in [2.75, 3.05) is 42.9 Å². The van der Waals surface area contributed by atoms with Gasteiger partial charge < -0.3 is 15.1 Å². The van der Waals surface area contributed by atoms with Crippen LogP contribution in [0.4, 0.5) is 11.6 Å². The van der Waals surface area contributed by atoms with Crippen molar-refractivity contribution in [3.63, 3.8) is 0 Å². The van der Waals surface area contributed by atoms with Crippen LogP contribution in [0.2, 0.25) is 0 Å². The maximum Gasteiger partial charge on any atom is 0.224 e. The third-order valence-corrected chi connectivity index (χ3v) is 5.96. The van der Waals surface area contributed by atoms with Crippen molar-refractivity contribution in [1.29, 1.82) is 0 Å². The van der Waals surface area contributed by atoms with Gasteiger partial charge in [-0.25, -0.2) is 9.97 Å². The monoisotopic (exact) mass is 441 g/mol. The van der Waals surface area contributed by atoms with Gasteiger partial charge in [0, 0.05) is 63.3 Å². The number of hydrogen-bond donors (Lipinski definition) is 1. The fraction of sp³-hybridized carbons (Fsp3) is 0.280. The SMILES string of the molecule is Cc1cccc(-c2nc3cnccn3c2NCCC(=O)N2CCN(c3ccccn3)CC2)c1. The van der Waals surface area contributed by atoms with Gasteiger partial charge in [0.05, 0.1) is 6.20 Å². The Morgan fingerprint density at radius 3 is 2.73 bits per heavy atom. The van der Waals surface area contributed by atoms with Gasteiger partial charge in [0.1, 0.15) is 17.3 Å². The van der Waals surface area contributed by atoms with Crippen LogP contribution in [-0.2, 0) is 4.79 Å². The maximum absolute atomic E-state index is 12.9. The van der Waals surface area contributed by atoms with E-state index in [1.807, 2.05) is 39.8 Å². The van der Waals surface area contributed by atoms with Crippen molar-refractivity contribution in [3.05, 3.63) is 72.8 Å². The number of aromatic nitrogens is 4. The highest BCUT2D eigenvalue weighted by Crippen LogP contribution is 2.29. The Morgan fingerprint density at radius 1 is 1.06 bits per heavy atom. The lowest BCUT2D eigenvalue weighted by molar-refractivity contribution is -0.131. The second kappa shape index (κ2) is 9.28. The van der Waals surface area contributed by atoms with Crippen LogP contribution in [0, 0.1) is 6.92 Å².